The van der Waals surface area contributed by atoms with E-state index in [1.165, 1.54) is 26.4 Å². The summed E-state index contributed by atoms with van der Waals surface area (Å²) in [6, 6.07) is 11.1. The van der Waals surface area contributed by atoms with Gasteiger partial charge in [-0.1, -0.05) is 6.92 Å². The lowest BCUT2D eigenvalue weighted by molar-refractivity contribution is -0.116. The van der Waals surface area contributed by atoms with E-state index in [1.54, 1.807) is 30.3 Å². The molecule has 0 radical (unpaired) electrons. The highest BCUT2D eigenvalue weighted by Gasteiger charge is 2.14. The van der Waals surface area contributed by atoms with E-state index >= 15 is 0 Å². The van der Waals surface area contributed by atoms with Gasteiger partial charge in [0.2, 0.25) is 5.91 Å². The first-order chi connectivity index (χ1) is 13.5. The Bertz CT molecular complexity index is 822. The summed E-state index contributed by atoms with van der Waals surface area (Å²) in [4.78, 5) is 36.1. The molecule has 0 spiro atoms. The number of hydrogen-bond acceptors (Lipinski definition) is 6. The largest absolute Gasteiger partial charge is 0.497 e. The van der Waals surface area contributed by atoms with Gasteiger partial charge in [0.05, 0.1) is 19.8 Å². The second kappa shape index (κ2) is 10.1. The number of nitrogens with one attached hydrogen (secondary N) is 1. The maximum Gasteiger partial charge on any atom is 0.338 e. The molecule has 0 unspecified atom stereocenters. The fourth-order valence-electron chi connectivity index (χ4n) is 2.41. The zero-order valence-corrected chi connectivity index (χ0v) is 16.1. The van der Waals surface area contributed by atoms with Crippen LogP contribution in [0.15, 0.2) is 42.5 Å². The number of Topliss-reactive ketones (excluding diaryl/α,β-unsaturated/α-hetero) is 1. The third kappa shape index (κ3) is 5.84. The molecule has 0 aromatic heterocycles. The lowest BCUT2D eigenvalue weighted by atomic mass is 10.1. The normalized spacial score (nSPS) is 10.1. The summed E-state index contributed by atoms with van der Waals surface area (Å²) in [5.41, 5.74) is 1.21. The second-order valence-corrected chi connectivity index (χ2v) is 5.98. The number of amides is 1. The fraction of sp³-hybridized carbons (Fsp3) is 0.286. The number of carbonyl (C=O) groups is 3. The highest BCUT2D eigenvalue weighted by Crippen LogP contribution is 2.23. The molecular weight excluding hydrogens is 362 g/mol. The van der Waals surface area contributed by atoms with Gasteiger partial charge in [0.1, 0.15) is 11.5 Å². The van der Waals surface area contributed by atoms with Crippen LogP contribution < -0.4 is 14.8 Å². The number of anilines is 1. The number of ether oxygens (including phenoxy) is 3. The SMILES string of the molecule is CCCC(=O)Nc1ccc(C(=O)COC(=O)c2cc(OC)cc(OC)c2)cc1. The van der Waals surface area contributed by atoms with Crippen LogP contribution in [0.25, 0.3) is 0 Å². The van der Waals surface area contributed by atoms with Gasteiger partial charge >= 0.3 is 5.97 Å². The molecule has 7 nitrogen and oxygen atoms in total. The van der Waals surface area contributed by atoms with Crippen LogP contribution in [0.1, 0.15) is 40.5 Å². The molecule has 148 valence electrons. The van der Waals surface area contributed by atoms with Gasteiger partial charge in [0.15, 0.2) is 12.4 Å². The smallest absolute Gasteiger partial charge is 0.338 e. The van der Waals surface area contributed by atoms with Crippen molar-refractivity contribution in [3.8, 4) is 11.5 Å². The van der Waals surface area contributed by atoms with Gasteiger partial charge in [0.25, 0.3) is 0 Å². The van der Waals surface area contributed by atoms with Crippen molar-refractivity contribution < 1.29 is 28.6 Å². The third-order valence-corrected chi connectivity index (χ3v) is 3.89. The van der Waals surface area contributed by atoms with Crippen molar-refractivity contribution in [1.82, 2.24) is 0 Å². The Hall–Kier alpha value is -3.35. The van der Waals surface area contributed by atoms with Crippen molar-refractivity contribution in [2.45, 2.75) is 19.8 Å². The average Bonchev–Trinajstić information content (AvgIpc) is 2.71. The van der Waals surface area contributed by atoms with E-state index in [0.717, 1.165) is 6.42 Å². The first-order valence-corrected chi connectivity index (χ1v) is 8.80. The molecule has 28 heavy (non-hydrogen) atoms. The van der Waals surface area contributed by atoms with Gasteiger partial charge in [-0.05, 0) is 42.8 Å². The van der Waals surface area contributed by atoms with E-state index in [9.17, 15) is 14.4 Å². The zero-order valence-electron chi connectivity index (χ0n) is 16.1. The summed E-state index contributed by atoms with van der Waals surface area (Å²) in [6.07, 6.45) is 1.19. The van der Waals surface area contributed by atoms with E-state index in [-0.39, 0.29) is 17.3 Å². The van der Waals surface area contributed by atoms with Crippen molar-refractivity contribution in [2.75, 3.05) is 26.1 Å². The summed E-state index contributed by atoms with van der Waals surface area (Å²) >= 11 is 0. The number of hydrogen-bond donors (Lipinski definition) is 1. The van der Waals surface area contributed by atoms with E-state index in [2.05, 4.69) is 5.32 Å². The van der Waals surface area contributed by atoms with Gasteiger partial charge in [-0.25, -0.2) is 4.79 Å². The molecular formula is C21H23NO6. The minimum atomic E-state index is -0.658. The quantitative estimate of drug-likeness (QED) is 0.525. The van der Waals surface area contributed by atoms with Crippen molar-refractivity contribution >= 4 is 23.3 Å². The van der Waals surface area contributed by atoms with Crippen LogP contribution in [-0.4, -0.2) is 38.5 Å². The van der Waals surface area contributed by atoms with Crippen LogP contribution in [0.4, 0.5) is 5.69 Å². The molecule has 0 aliphatic rings. The predicted molar refractivity (Wildman–Crippen MR) is 104 cm³/mol. The highest BCUT2D eigenvalue weighted by atomic mass is 16.5. The Kier molecular flexibility index (Phi) is 7.56. The number of benzene rings is 2. The van der Waals surface area contributed by atoms with Gasteiger partial charge in [-0.15, -0.1) is 0 Å². The lowest BCUT2D eigenvalue weighted by Crippen LogP contribution is -2.15. The molecule has 0 aliphatic heterocycles. The molecule has 0 fully saturated rings. The first-order valence-electron chi connectivity index (χ1n) is 8.80. The highest BCUT2D eigenvalue weighted by molar-refractivity contribution is 6.00. The Labute approximate surface area is 163 Å². The standard InChI is InChI=1S/C21H23NO6/c1-4-5-20(24)22-16-8-6-14(7-9-16)19(23)13-28-21(25)15-10-17(26-2)12-18(11-15)27-3/h6-12H,4-5,13H2,1-3H3,(H,22,24). The minimum absolute atomic E-state index is 0.0794. The number of ketones is 1. The number of esters is 1. The van der Waals surface area contributed by atoms with Crippen molar-refractivity contribution in [3.63, 3.8) is 0 Å². The monoisotopic (exact) mass is 385 g/mol. The molecule has 2 aromatic rings. The average molecular weight is 385 g/mol. The molecule has 0 saturated heterocycles. The second-order valence-electron chi connectivity index (χ2n) is 5.98. The predicted octanol–water partition coefficient (Wildman–Crippen LogP) is 3.48. The topological polar surface area (TPSA) is 90.9 Å². The van der Waals surface area contributed by atoms with Crippen LogP contribution in [0.5, 0.6) is 11.5 Å². The van der Waals surface area contributed by atoms with E-state index in [0.29, 0.717) is 29.2 Å². The molecule has 0 heterocycles. The number of methoxy groups -OCH3 is 2. The third-order valence-electron chi connectivity index (χ3n) is 3.89. The van der Waals surface area contributed by atoms with Crippen LogP contribution in [0.2, 0.25) is 0 Å². The fourth-order valence-corrected chi connectivity index (χ4v) is 2.41. The van der Waals surface area contributed by atoms with Gasteiger partial charge in [0, 0.05) is 23.7 Å². The molecule has 1 N–H and O–H groups in total. The van der Waals surface area contributed by atoms with Gasteiger partial charge in [-0.2, -0.15) is 0 Å². The van der Waals surface area contributed by atoms with Crippen molar-refractivity contribution in [3.05, 3.63) is 53.6 Å². The zero-order chi connectivity index (χ0) is 20.5. The molecule has 7 heteroatoms. The summed E-state index contributed by atoms with van der Waals surface area (Å²) < 4.78 is 15.3. The van der Waals surface area contributed by atoms with Gasteiger partial charge < -0.3 is 19.5 Å². The number of carbonyl (C=O) groups excluding carboxylic acids is 3. The molecule has 2 aromatic carbocycles. The van der Waals surface area contributed by atoms with Crippen LogP contribution in [-0.2, 0) is 9.53 Å². The van der Waals surface area contributed by atoms with Crippen molar-refractivity contribution in [1.29, 1.82) is 0 Å². The van der Waals surface area contributed by atoms with Crippen LogP contribution in [0.3, 0.4) is 0 Å². The van der Waals surface area contributed by atoms with Crippen LogP contribution in [0, 0.1) is 0 Å². The molecule has 0 saturated carbocycles. The molecule has 0 atom stereocenters. The lowest BCUT2D eigenvalue weighted by Gasteiger charge is -2.09. The molecule has 0 bridgehead atoms. The summed E-state index contributed by atoms with van der Waals surface area (Å²) in [5, 5.41) is 2.74. The van der Waals surface area contributed by atoms with E-state index in [1.807, 2.05) is 6.92 Å². The van der Waals surface area contributed by atoms with Crippen LogP contribution >= 0.6 is 0 Å². The number of rotatable bonds is 9. The summed E-state index contributed by atoms with van der Waals surface area (Å²) in [7, 11) is 2.95. The Morgan fingerprint density at radius 2 is 1.50 bits per heavy atom. The molecule has 2 rings (SSSR count). The maximum atomic E-state index is 12.2. The Morgan fingerprint density at radius 1 is 0.893 bits per heavy atom. The maximum absolute atomic E-state index is 12.2. The summed E-state index contributed by atoms with van der Waals surface area (Å²) in [5.74, 6) is -0.204. The Morgan fingerprint density at radius 3 is 2.04 bits per heavy atom. The first kappa shape index (κ1) is 21.0. The van der Waals surface area contributed by atoms with Crippen molar-refractivity contribution in [2.24, 2.45) is 0 Å². The van der Waals surface area contributed by atoms with Gasteiger partial charge in [-0.3, -0.25) is 9.59 Å². The molecule has 0 aliphatic carbocycles. The molecule has 1 amide bonds. The van der Waals surface area contributed by atoms with E-state index < -0.39 is 12.6 Å². The minimum Gasteiger partial charge on any atom is -0.497 e. The van der Waals surface area contributed by atoms with E-state index in [4.69, 9.17) is 14.2 Å². The summed E-state index contributed by atoms with van der Waals surface area (Å²) in [6.45, 7) is 1.52. The Balaban J connectivity index is 1.96.